The summed E-state index contributed by atoms with van der Waals surface area (Å²) in [5.74, 6) is -1.21. The van der Waals surface area contributed by atoms with Crippen LogP contribution in [0.5, 0.6) is 0 Å². The smallest absolute Gasteiger partial charge is 0.306 e. The Morgan fingerprint density at radius 1 is 1.03 bits per heavy atom. The molecular formula is C23H23F4NS. The summed E-state index contributed by atoms with van der Waals surface area (Å²) >= 11 is 1.61. The van der Waals surface area contributed by atoms with Crippen LogP contribution in [0.25, 0.3) is 5.57 Å². The molecule has 1 atom stereocenters. The van der Waals surface area contributed by atoms with Gasteiger partial charge in [-0.05, 0) is 68.6 Å². The van der Waals surface area contributed by atoms with Crippen molar-refractivity contribution in [2.75, 3.05) is 20.1 Å². The standard InChI is InChI=1S/C23H23F4NS/c1-14-4-7-20-17(12-14)21(15-8-10-28(3)11-9-15)22(2,29-20)16-5-6-18(19(24)13-16)23(25,26)27/h4-7,12-13H,8-11H2,1-3H3. The highest BCUT2D eigenvalue weighted by Gasteiger charge is 2.43. The second-order valence-corrected chi connectivity index (χ2v) is 9.57. The SMILES string of the molecule is Cc1ccc2c(c1)C(=C1CCN(C)CC1)C(C)(c1ccc(C(F)(F)F)c(F)c1)S2. The zero-order valence-corrected chi connectivity index (χ0v) is 17.5. The average molecular weight is 422 g/mol. The Labute approximate surface area is 172 Å². The number of rotatable bonds is 1. The highest BCUT2D eigenvalue weighted by atomic mass is 32.2. The van der Waals surface area contributed by atoms with Crippen molar-refractivity contribution in [3.05, 3.63) is 70.0 Å². The lowest BCUT2D eigenvalue weighted by atomic mass is 9.81. The van der Waals surface area contributed by atoms with Gasteiger partial charge in [-0.2, -0.15) is 13.2 Å². The summed E-state index contributed by atoms with van der Waals surface area (Å²) in [6, 6.07) is 9.64. The molecule has 0 radical (unpaired) electrons. The lowest BCUT2D eigenvalue weighted by Crippen LogP contribution is -2.28. The van der Waals surface area contributed by atoms with Gasteiger partial charge in [0.1, 0.15) is 5.82 Å². The van der Waals surface area contributed by atoms with Crippen molar-refractivity contribution in [2.24, 2.45) is 0 Å². The fourth-order valence-corrected chi connectivity index (χ4v) is 5.82. The van der Waals surface area contributed by atoms with Gasteiger partial charge in [0, 0.05) is 18.0 Å². The zero-order chi connectivity index (χ0) is 21.0. The summed E-state index contributed by atoms with van der Waals surface area (Å²) in [4.78, 5) is 3.37. The van der Waals surface area contributed by atoms with E-state index in [1.165, 1.54) is 11.6 Å². The molecule has 1 fully saturated rings. The molecule has 2 aromatic carbocycles. The summed E-state index contributed by atoms with van der Waals surface area (Å²) in [5, 5.41) is 0. The Morgan fingerprint density at radius 3 is 2.34 bits per heavy atom. The van der Waals surface area contributed by atoms with Gasteiger partial charge in [-0.15, -0.1) is 11.8 Å². The van der Waals surface area contributed by atoms with Crippen LogP contribution >= 0.6 is 11.8 Å². The number of piperidine rings is 1. The number of nitrogens with zero attached hydrogens (tertiary/aromatic N) is 1. The van der Waals surface area contributed by atoms with Crippen LogP contribution in [0.2, 0.25) is 0 Å². The van der Waals surface area contributed by atoms with Gasteiger partial charge in [0.2, 0.25) is 0 Å². The summed E-state index contributed by atoms with van der Waals surface area (Å²) in [6.07, 6.45) is -2.86. The monoisotopic (exact) mass is 421 g/mol. The van der Waals surface area contributed by atoms with E-state index in [1.807, 2.05) is 19.9 Å². The number of benzene rings is 2. The first kappa shape index (κ1) is 20.5. The van der Waals surface area contributed by atoms with Gasteiger partial charge < -0.3 is 4.90 Å². The normalized spacial score (nSPS) is 22.9. The summed E-state index contributed by atoms with van der Waals surface area (Å²) in [6.45, 7) is 5.94. The van der Waals surface area contributed by atoms with E-state index in [-0.39, 0.29) is 0 Å². The summed E-state index contributed by atoms with van der Waals surface area (Å²) < 4.78 is 53.0. The third kappa shape index (κ3) is 3.61. The Morgan fingerprint density at radius 2 is 1.72 bits per heavy atom. The van der Waals surface area contributed by atoms with Crippen molar-refractivity contribution in [2.45, 2.75) is 42.5 Å². The fourth-order valence-electron chi connectivity index (χ4n) is 4.37. The molecule has 0 aliphatic carbocycles. The molecule has 0 saturated carbocycles. The molecular weight excluding hydrogens is 398 g/mol. The molecule has 6 heteroatoms. The number of thioether (sulfide) groups is 1. The molecule has 0 aromatic heterocycles. The van der Waals surface area contributed by atoms with Crippen LogP contribution in [-0.2, 0) is 10.9 Å². The van der Waals surface area contributed by atoms with Crippen LogP contribution in [0.1, 0.15) is 42.0 Å². The molecule has 2 heterocycles. The minimum Gasteiger partial charge on any atom is -0.306 e. The molecule has 1 nitrogen and oxygen atoms in total. The number of hydrogen-bond donors (Lipinski definition) is 0. The van der Waals surface area contributed by atoms with Crippen molar-refractivity contribution >= 4 is 17.3 Å². The van der Waals surface area contributed by atoms with Gasteiger partial charge in [0.15, 0.2) is 0 Å². The fraction of sp³-hybridized carbons (Fsp3) is 0.391. The van der Waals surface area contributed by atoms with E-state index >= 15 is 0 Å². The molecule has 154 valence electrons. The van der Waals surface area contributed by atoms with Crippen LogP contribution in [0, 0.1) is 12.7 Å². The van der Waals surface area contributed by atoms with Crippen molar-refractivity contribution in [1.82, 2.24) is 4.90 Å². The van der Waals surface area contributed by atoms with Gasteiger partial charge in [-0.1, -0.05) is 29.3 Å². The molecule has 2 aliphatic heterocycles. The predicted molar refractivity (Wildman–Crippen MR) is 109 cm³/mol. The van der Waals surface area contributed by atoms with Crippen molar-refractivity contribution in [3.8, 4) is 0 Å². The summed E-state index contributed by atoms with van der Waals surface area (Å²) in [7, 11) is 2.09. The van der Waals surface area contributed by atoms with Crippen LogP contribution in [-0.4, -0.2) is 25.0 Å². The predicted octanol–water partition coefficient (Wildman–Crippen LogP) is 6.65. The second kappa shape index (κ2) is 7.17. The van der Waals surface area contributed by atoms with Crippen LogP contribution in [0.4, 0.5) is 17.6 Å². The molecule has 4 rings (SSSR count). The van der Waals surface area contributed by atoms with E-state index in [1.54, 1.807) is 11.8 Å². The molecule has 0 spiro atoms. The third-order valence-corrected chi connectivity index (χ3v) is 7.39. The first-order chi connectivity index (χ1) is 13.6. The Balaban J connectivity index is 1.87. The second-order valence-electron chi connectivity index (χ2n) is 8.11. The minimum atomic E-state index is -4.69. The molecule has 0 bridgehead atoms. The molecule has 0 N–H and O–H groups in total. The molecule has 29 heavy (non-hydrogen) atoms. The first-order valence-electron chi connectivity index (χ1n) is 9.68. The van der Waals surface area contributed by atoms with Gasteiger partial charge >= 0.3 is 6.18 Å². The minimum absolute atomic E-state index is 0.572. The topological polar surface area (TPSA) is 3.24 Å². The van der Waals surface area contributed by atoms with E-state index < -0.39 is 22.3 Å². The van der Waals surface area contributed by atoms with Crippen molar-refractivity contribution in [1.29, 1.82) is 0 Å². The zero-order valence-electron chi connectivity index (χ0n) is 16.7. The van der Waals surface area contributed by atoms with Gasteiger partial charge in [-0.25, -0.2) is 4.39 Å². The first-order valence-corrected chi connectivity index (χ1v) is 10.5. The van der Waals surface area contributed by atoms with E-state index in [2.05, 4.69) is 24.1 Å². The lowest BCUT2D eigenvalue weighted by molar-refractivity contribution is -0.140. The summed E-state index contributed by atoms with van der Waals surface area (Å²) in [5.41, 5.74) is 4.10. The number of hydrogen-bond acceptors (Lipinski definition) is 2. The largest absolute Gasteiger partial charge is 0.419 e. The van der Waals surface area contributed by atoms with Crippen molar-refractivity contribution in [3.63, 3.8) is 0 Å². The van der Waals surface area contributed by atoms with E-state index in [0.29, 0.717) is 5.56 Å². The Hall–Kier alpha value is -1.79. The highest BCUT2D eigenvalue weighted by Crippen LogP contribution is 2.60. The average Bonchev–Trinajstić information content (AvgIpc) is 2.94. The molecule has 2 aromatic rings. The van der Waals surface area contributed by atoms with E-state index in [9.17, 15) is 17.6 Å². The molecule has 1 unspecified atom stereocenters. The maximum Gasteiger partial charge on any atom is 0.419 e. The number of likely N-dealkylation sites (tertiary alicyclic amines) is 1. The quantitative estimate of drug-likeness (QED) is 0.474. The highest BCUT2D eigenvalue weighted by molar-refractivity contribution is 8.01. The van der Waals surface area contributed by atoms with E-state index in [4.69, 9.17) is 0 Å². The Kier molecular flexibility index (Phi) is 5.06. The van der Waals surface area contributed by atoms with Crippen molar-refractivity contribution < 1.29 is 17.6 Å². The maximum absolute atomic E-state index is 14.4. The van der Waals surface area contributed by atoms with Gasteiger partial charge in [0.25, 0.3) is 0 Å². The number of aryl methyl sites for hydroxylation is 1. The van der Waals surface area contributed by atoms with Gasteiger partial charge in [-0.3, -0.25) is 0 Å². The number of alkyl halides is 3. The molecule has 2 aliphatic rings. The maximum atomic E-state index is 14.4. The Bertz CT molecular complexity index is 985. The van der Waals surface area contributed by atoms with Crippen LogP contribution in [0.3, 0.4) is 0 Å². The number of halogens is 4. The third-order valence-electron chi connectivity index (χ3n) is 5.97. The van der Waals surface area contributed by atoms with E-state index in [0.717, 1.165) is 59.7 Å². The molecule has 0 amide bonds. The number of fused-ring (bicyclic) bond motifs is 1. The lowest BCUT2D eigenvalue weighted by Gasteiger charge is -2.32. The van der Waals surface area contributed by atoms with Crippen LogP contribution < -0.4 is 0 Å². The van der Waals surface area contributed by atoms with Crippen LogP contribution in [0.15, 0.2) is 46.9 Å². The van der Waals surface area contributed by atoms with Gasteiger partial charge in [0.05, 0.1) is 10.3 Å². The molecule has 1 saturated heterocycles.